The maximum absolute atomic E-state index is 10.4. The molecule has 1 aromatic heterocycles. The smallest absolute Gasteiger partial charge is 0.411 e. The second kappa shape index (κ2) is 21.4. The van der Waals surface area contributed by atoms with Gasteiger partial charge in [-0.1, -0.05) is 4.85 Å². The van der Waals surface area contributed by atoms with Crippen molar-refractivity contribution in [1.29, 1.82) is 0 Å². The third-order valence-electron chi connectivity index (χ3n) is 0.410. The van der Waals surface area contributed by atoms with E-state index in [2.05, 4.69) is 10.3 Å². The van der Waals surface area contributed by atoms with Crippen LogP contribution in [0.3, 0.4) is 0 Å². The average molecular weight is 685 g/mol. The second-order valence-corrected chi connectivity index (χ2v) is 9.34. The molecule has 1 aromatic rings. The number of nitrogens with zero attached hydrogens (tertiary/aromatic N) is 3. The van der Waals surface area contributed by atoms with Gasteiger partial charge in [-0.3, -0.25) is 58.7 Å². The van der Waals surface area contributed by atoms with Gasteiger partial charge in [-0.2, -0.15) is 0 Å². The standard InChI is InChI=1S/C2H3N3O.6FH2O3P/c6-5-2-1-3-4-5;6*1-5(2,3)4/h1-2,6H;6*(H2,2,3,4). The van der Waals surface area contributed by atoms with Gasteiger partial charge >= 0.3 is 47.4 Å². The minimum atomic E-state index is -5.14. The van der Waals surface area contributed by atoms with Crippen LogP contribution < -0.4 is 0 Å². The van der Waals surface area contributed by atoms with E-state index in [1.54, 1.807) is 0 Å². The molecule has 0 amide bonds. The normalized spacial score (nSPS) is 11.3. The molecular formula is C2H15F6N3O19P6. The summed E-state index contributed by atoms with van der Waals surface area (Å²) >= 11 is 0. The lowest BCUT2D eigenvalue weighted by Crippen LogP contribution is -1.88. The fourth-order valence-corrected chi connectivity index (χ4v) is 0.202. The lowest BCUT2D eigenvalue weighted by atomic mass is 11.0. The Bertz CT molecular complexity index is 717. The fraction of sp³-hybridized carbons (Fsp3) is 0. The molecule has 0 aliphatic carbocycles. The van der Waals surface area contributed by atoms with Gasteiger partial charge in [0, 0.05) is 0 Å². The SMILES string of the molecule is O=P(O)(O)F.O=P(O)(O)F.O=P(O)(O)F.O=P(O)(O)F.O=P(O)(O)F.O=P(O)(O)F.On1ccnn1. The molecule has 1 rings (SSSR count). The molecule has 0 bridgehead atoms. The number of halogens is 6. The van der Waals surface area contributed by atoms with Crippen molar-refractivity contribution in [3.8, 4) is 0 Å². The maximum atomic E-state index is 10.4. The fourth-order valence-electron chi connectivity index (χ4n) is 0.202. The van der Waals surface area contributed by atoms with Crippen LogP contribution in [0.15, 0.2) is 12.4 Å². The molecule has 0 saturated carbocycles. The van der Waals surface area contributed by atoms with Gasteiger partial charge in [0.05, 0.1) is 12.4 Å². The molecule has 0 unspecified atom stereocenters. The van der Waals surface area contributed by atoms with Crippen LogP contribution in [0.2, 0.25) is 0 Å². The zero-order valence-corrected chi connectivity index (χ0v) is 21.1. The van der Waals surface area contributed by atoms with Crippen LogP contribution in [0.5, 0.6) is 0 Å². The Labute approximate surface area is 192 Å². The van der Waals surface area contributed by atoms with E-state index in [1.165, 1.54) is 12.4 Å². The van der Waals surface area contributed by atoms with Gasteiger partial charge in [0.15, 0.2) is 0 Å². The van der Waals surface area contributed by atoms with Crippen molar-refractivity contribution >= 4 is 47.4 Å². The number of hydrogen-bond acceptors (Lipinski definition) is 9. The van der Waals surface area contributed by atoms with Crippen LogP contribution in [-0.4, -0.2) is 79.1 Å². The van der Waals surface area contributed by atoms with E-state index < -0.39 is 47.4 Å². The van der Waals surface area contributed by atoms with Gasteiger partial charge in [-0.05, 0) is 5.21 Å². The summed E-state index contributed by atoms with van der Waals surface area (Å²) in [5.74, 6) is 0. The predicted molar refractivity (Wildman–Crippen MR) is 96.1 cm³/mol. The predicted octanol–water partition coefficient (Wildman–Crippen LogP) is -0.193. The van der Waals surface area contributed by atoms with Gasteiger partial charge in [0.1, 0.15) is 0 Å². The van der Waals surface area contributed by atoms with E-state index in [0.717, 1.165) is 0 Å². The van der Waals surface area contributed by atoms with Crippen LogP contribution >= 0.6 is 47.4 Å². The van der Waals surface area contributed by atoms with Crippen LogP contribution in [-0.2, 0) is 27.4 Å². The topological polar surface area (TPSA) is 396 Å². The van der Waals surface area contributed by atoms with E-state index in [4.69, 9.17) is 91.3 Å². The van der Waals surface area contributed by atoms with Crippen molar-refractivity contribution in [3.63, 3.8) is 0 Å². The lowest BCUT2D eigenvalue weighted by molar-refractivity contribution is 0.143. The molecule has 224 valence electrons. The zero-order valence-electron chi connectivity index (χ0n) is 15.7. The molecule has 0 atom stereocenters. The Balaban J connectivity index is -0.0000000731. The molecule has 1 heterocycles. The van der Waals surface area contributed by atoms with Crippen molar-refractivity contribution in [1.82, 2.24) is 15.2 Å². The number of aromatic nitrogens is 3. The average Bonchev–Trinajstić information content (AvgIpc) is 2.76. The summed E-state index contributed by atoms with van der Waals surface area (Å²) in [4.78, 5) is 84.2. The molecular weight excluding hydrogens is 670 g/mol. The zero-order chi connectivity index (χ0) is 31.4. The highest BCUT2D eigenvalue weighted by Gasteiger charge is 2.06. The van der Waals surface area contributed by atoms with Crippen molar-refractivity contribution in [3.05, 3.63) is 12.4 Å². The van der Waals surface area contributed by atoms with Crippen LogP contribution in [0.25, 0.3) is 0 Å². The summed E-state index contributed by atoms with van der Waals surface area (Å²) in [6.07, 6.45) is 2.72. The summed E-state index contributed by atoms with van der Waals surface area (Å²) < 4.78 is 114. The molecule has 13 N–H and O–H groups in total. The van der Waals surface area contributed by atoms with Gasteiger partial charge in [-0.15, -0.1) is 30.3 Å². The first-order valence-electron chi connectivity index (χ1n) is 5.96. The molecule has 0 aromatic carbocycles. The third kappa shape index (κ3) is 852. The quantitative estimate of drug-likeness (QED) is 0.0955. The van der Waals surface area contributed by atoms with Gasteiger partial charge in [0.25, 0.3) is 0 Å². The summed E-state index contributed by atoms with van der Waals surface area (Å²) in [6.45, 7) is 0. The number of rotatable bonds is 0. The first-order valence-corrected chi connectivity index (χ1v) is 15.0. The second-order valence-electron chi connectivity index (χ2n) is 3.66. The molecule has 0 radical (unpaired) electrons. The Kier molecular flexibility index (Phi) is 28.8. The van der Waals surface area contributed by atoms with Gasteiger partial charge in [0.2, 0.25) is 0 Å². The summed E-state index contributed by atoms with van der Waals surface area (Å²) in [5, 5.41) is 14.6. The minimum absolute atomic E-state index is 0.639. The van der Waals surface area contributed by atoms with Crippen molar-refractivity contribution < 1.29 is 116 Å². The van der Waals surface area contributed by atoms with E-state index in [-0.39, 0.29) is 0 Å². The Morgan fingerprint density at radius 2 is 0.611 bits per heavy atom. The van der Waals surface area contributed by atoms with Crippen molar-refractivity contribution in [2.75, 3.05) is 0 Å². The Hall–Kier alpha value is -0.580. The van der Waals surface area contributed by atoms with Crippen molar-refractivity contribution in [2.24, 2.45) is 0 Å². The molecule has 0 saturated heterocycles. The van der Waals surface area contributed by atoms with Crippen LogP contribution in [0.4, 0.5) is 25.2 Å². The number of hydrogen-bond donors (Lipinski definition) is 13. The Morgan fingerprint density at radius 1 is 0.472 bits per heavy atom. The first kappa shape index (κ1) is 48.5. The van der Waals surface area contributed by atoms with Gasteiger partial charge in [-0.25, -0.2) is 27.4 Å². The Morgan fingerprint density at radius 3 is 0.639 bits per heavy atom. The van der Waals surface area contributed by atoms with Crippen LogP contribution in [0.1, 0.15) is 0 Å². The monoisotopic (exact) mass is 685 g/mol. The maximum Gasteiger partial charge on any atom is 0.507 e. The molecule has 0 fully saturated rings. The highest BCUT2D eigenvalue weighted by molar-refractivity contribution is 7.46. The lowest BCUT2D eigenvalue weighted by Gasteiger charge is -1.78. The van der Waals surface area contributed by atoms with Gasteiger partial charge < -0.3 is 5.21 Å². The third-order valence-corrected chi connectivity index (χ3v) is 0.410. The molecule has 36 heavy (non-hydrogen) atoms. The summed E-state index contributed by atoms with van der Waals surface area (Å²) in [6, 6.07) is 0. The molecule has 0 aliphatic rings. The summed E-state index contributed by atoms with van der Waals surface area (Å²) in [5.41, 5.74) is 0. The molecule has 0 aliphatic heterocycles. The highest BCUT2D eigenvalue weighted by atomic mass is 31.2. The minimum Gasteiger partial charge on any atom is -0.411 e. The molecule has 34 heteroatoms. The van der Waals surface area contributed by atoms with Crippen molar-refractivity contribution in [2.45, 2.75) is 0 Å². The van der Waals surface area contributed by atoms with E-state index in [9.17, 15) is 25.2 Å². The molecule has 22 nitrogen and oxygen atoms in total. The largest absolute Gasteiger partial charge is 0.507 e. The highest BCUT2D eigenvalue weighted by Crippen LogP contribution is 2.37. The first-order chi connectivity index (χ1) is 14.9. The molecule has 0 spiro atoms. The van der Waals surface area contributed by atoms with E-state index >= 15 is 0 Å². The van der Waals surface area contributed by atoms with E-state index in [0.29, 0.717) is 4.85 Å². The van der Waals surface area contributed by atoms with Crippen LogP contribution in [0, 0.1) is 0 Å². The van der Waals surface area contributed by atoms with E-state index in [1.807, 2.05) is 0 Å². The summed E-state index contributed by atoms with van der Waals surface area (Å²) in [7, 11) is -30.8.